The van der Waals surface area contributed by atoms with E-state index >= 15 is 0 Å². The van der Waals surface area contributed by atoms with Crippen LogP contribution < -0.4 is 10.1 Å². The summed E-state index contributed by atoms with van der Waals surface area (Å²) in [6, 6.07) is 15.0. The zero-order valence-electron chi connectivity index (χ0n) is 16.0. The molecule has 1 atom stereocenters. The Morgan fingerprint density at radius 3 is 2.69 bits per heavy atom. The number of hydrogen-bond acceptors (Lipinski definition) is 4. The van der Waals surface area contributed by atoms with Crippen molar-refractivity contribution in [1.82, 2.24) is 5.32 Å². The van der Waals surface area contributed by atoms with Crippen LogP contribution in [0.15, 0.2) is 53.4 Å². The zero-order valence-corrected chi connectivity index (χ0v) is 18.4. The third-order valence-corrected chi connectivity index (χ3v) is 7.35. The lowest BCUT2D eigenvalue weighted by molar-refractivity contribution is 0.0955. The number of halogens is 1. The lowest BCUT2D eigenvalue weighted by atomic mass is 10.1. The molecule has 1 N–H and O–H groups in total. The van der Waals surface area contributed by atoms with Gasteiger partial charge in [-0.3, -0.25) is 9.00 Å². The molecule has 0 radical (unpaired) electrons. The van der Waals surface area contributed by atoms with Crippen molar-refractivity contribution >= 4 is 39.6 Å². The molecule has 0 bridgehead atoms. The molecule has 4 rings (SSSR count). The minimum Gasteiger partial charge on any atom is -0.491 e. The van der Waals surface area contributed by atoms with Gasteiger partial charge in [0.05, 0.1) is 27.5 Å². The van der Waals surface area contributed by atoms with Crippen molar-refractivity contribution in [2.75, 3.05) is 0 Å². The molecule has 1 aliphatic rings. The molecule has 0 saturated carbocycles. The molecule has 7 heteroatoms. The van der Waals surface area contributed by atoms with Gasteiger partial charge in [0.25, 0.3) is 5.91 Å². The maximum atomic E-state index is 12.7. The van der Waals surface area contributed by atoms with Crippen LogP contribution in [0.1, 0.15) is 34.6 Å². The van der Waals surface area contributed by atoms with Gasteiger partial charge < -0.3 is 10.1 Å². The maximum Gasteiger partial charge on any atom is 0.261 e. The van der Waals surface area contributed by atoms with Crippen LogP contribution in [-0.2, 0) is 23.1 Å². The first-order valence-electron chi connectivity index (χ1n) is 9.25. The number of carbonyl (C=O) groups excluding carboxylic acids is 1. The van der Waals surface area contributed by atoms with E-state index in [1.807, 2.05) is 50.2 Å². The van der Waals surface area contributed by atoms with Gasteiger partial charge in [-0.05, 0) is 55.3 Å². The number of amides is 1. The summed E-state index contributed by atoms with van der Waals surface area (Å²) in [5, 5.41) is 3.53. The first kappa shape index (κ1) is 20.1. The summed E-state index contributed by atoms with van der Waals surface area (Å²) < 4.78 is 18.2. The molecule has 2 heterocycles. The van der Waals surface area contributed by atoms with Crippen LogP contribution in [0.25, 0.3) is 10.4 Å². The minimum atomic E-state index is -1.15. The smallest absolute Gasteiger partial charge is 0.261 e. The molecule has 29 heavy (non-hydrogen) atoms. The van der Waals surface area contributed by atoms with Crippen LogP contribution in [0.2, 0.25) is 5.02 Å². The van der Waals surface area contributed by atoms with Crippen LogP contribution in [0.5, 0.6) is 5.75 Å². The molecule has 0 fully saturated rings. The molecule has 3 aromatic rings. The zero-order chi connectivity index (χ0) is 20.5. The Bertz CT molecular complexity index is 1090. The Hall–Kier alpha value is -2.15. The molecule has 1 unspecified atom stereocenters. The molecule has 2 aromatic carbocycles. The third-order valence-electron chi connectivity index (χ3n) is 4.50. The first-order valence-corrected chi connectivity index (χ1v) is 11.8. The molecule has 1 amide bonds. The van der Waals surface area contributed by atoms with Crippen LogP contribution in [-0.4, -0.2) is 16.2 Å². The fourth-order valence-corrected chi connectivity index (χ4v) is 6.06. The van der Waals surface area contributed by atoms with E-state index in [4.69, 9.17) is 16.3 Å². The van der Waals surface area contributed by atoms with Gasteiger partial charge in [-0.2, -0.15) is 0 Å². The maximum absolute atomic E-state index is 12.7. The molecular weight excluding hydrogens is 426 g/mol. The van der Waals surface area contributed by atoms with Gasteiger partial charge in [-0.1, -0.05) is 29.8 Å². The Morgan fingerprint density at radius 2 is 1.97 bits per heavy atom. The van der Waals surface area contributed by atoms with E-state index in [2.05, 4.69) is 5.32 Å². The fourth-order valence-electron chi connectivity index (χ4n) is 3.19. The summed E-state index contributed by atoms with van der Waals surface area (Å²) in [5.41, 5.74) is 2.85. The van der Waals surface area contributed by atoms with Crippen molar-refractivity contribution in [1.29, 1.82) is 0 Å². The third kappa shape index (κ3) is 4.39. The van der Waals surface area contributed by atoms with Crippen molar-refractivity contribution < 1.29 is 13.7 Å². The minimum absolute atomic E-state index is 0.126. The molecule has 0 aliphatic carbocycles. The van der Waals surface area contributed by atoms with Gasteiger partial charge in [0.2, 0.25) is 0 Å². The van der Waals surface area contributed by atoms with Gasteiger partial charge >= 0.3 is 0 Å². The Labute approximate surface area is 181 Å². The van der Waals surface area contributed by atoms with Crippen molar-refractivity contribution in [2.45, 2.75) is 37.1 Å². The summed E-state index contributed by atoms with van der Waals surface area (Å²) in [4.78, 5) is 15.0. The summed E-state index contributed by atoms with van der Waals surface area (Å²) in [7, 11) is -1.15. The number of nitrogens with one attached hydrogen (secondary N) is 1. The van der Waals surface area contributed by atoms with Gasteiger partial charge in [0.1, 0.15) is 5.75 Å². The lowest BCUT2D eigenvalue weighted by Gasteiger charge is -2.15. The monoisotopic (exact) mass is 445 g/mol. The van der Waals surface area contributed by atoms with Crippen LogP contribution in [0.4, 0.5) is 0 Å². The standard InChI is InChI=1S/C22H20ClNO3S2/c1-13(2)27-17-6-3-14(4-7-17)11-24-22(25)19-9-15-12-29(26)20-10-16(23)5-8-18(20)21(15)28-19/h3-10,13H,11-12H2,1-2H3,(H,24,25). The van der Waals surface area contributed by atoms with E-state index in [1.165, 1.54) is 11.3 Å². The lowest BCUT2D eigenvalue weighted by Crippen LogP contribution is -2.21. The number of benzene rings is 2. The van der Waals surface area contributed by atoms with Crippen molar-refractivity contribution in [2.24, 2.45) is 0 Å². The van der Waals surface area contributed by atoms with Gasteiger partial charge in [0.15, 0.2) is 0 Å². The van der Waals surface area contributed by atoms with Crippen molar-refractivity contribution in [3.05, 3.63) is 69.6 Å². The van der Waals surface area contributed by atoms with Crippen LogP contribution in [0.3, 0.4) is 0 Å². The number of carbonyl (C=O) groups is 1. The predicted molar refractivity (Wildman–Crippen MR) is 118 cm³/mol. The molecule has 1 aromatic heterocycles. The molecule has 0 spiro atoms. The molecule has 1 aliphatic heterocycles. The Morgan fingerprint density at radius 1 is 1.21 bits per heavy atom. The summed E-state index contributed by atoms with van der Waals surface area (Å²) in [5.74, 6) is 1.09. The Balaban J connectivity index is 1.48. The summed E-state index contributed by atoms with van der Waals surface area (Å²) in [6.45, 7) is 4.40. The summed E-state index contributed by atoms with van der Waals surface area (Å²) in [6.07, 6.45) is 0.126. The number of ether oxygens (including phenoxy) is 1. The molecule has 4 nitrogen and oxygen atoms in total. The van der Waals surface area contributed by atoms with E-state index in [-0.39, 0.29) is 12.0 Å². The van der Waals surface area contributed by atoms with Crippen LogP contribution >= 0.6 is 22.9 Å². The highest BCUT2D eigenvalue weighted by Crippen LogP contribution is 2.42. The van der Waals surface area contributed by atoms with E-state index in [0.717, 1.165) is 32.2 Å². The highest BCUT2D eigenvalue weighted by Gasteiger charge is 2.26. The van der Waals surface area contributed by atoms with E-state index < -0.39 is 10.8 Å². The number of rotatable bonds is 5. The fraction of sp³-hybridized carbons (Fsp3) is 0.227. The largest absolute Gasteiger partial charge is 0.491 e. The van der Waals surface area contributed by atoms with E-state index in [0.29, 0.717) is 22.2 Å². The van der Waals surface area contributed by atoms with E-state index in [9.17, 15) is 9.00 Å². The SMILES string of the molecule is CC(C)Oc1ccc(CNC(=O)c2cc3c(s2)-c2ccc(Cl)cc2S(=O)C3)cc1. The summed E-state index contributed by atoms with van der Waals surface area (Å²) >= 11 is 7.48. The molecular formula is C22H20ClNO3S2. The average molecular weight is 446 g/mol. The topological polar surface area (TPSA) is 55.4 Å². The van der Waals surface area contributed by atoms with Crippen molar-refractivity contribution in [3.8, 4) is 16.2 Å². The number of hydrogen-bond donors (Lipinski definition) is 1. The van der Waals surface area contributed by atoms with Gasteiger partial charge in [0, 0.05) is 26.9 Å². The molecule has 150 valence electrons. The predicted octanol–water partition coefficient (Wildman–Crippen LogP) is 5.41. The highest BCUT2D eigenvalue weighted by atomic mass is 35.5. The van der Waals surface area contributed by atoms with E-state index in [1.54, 1.807) is 12.1 Å². The second-order valence-corrected chi connectivity index (χ2v) is 10.00. The molecule has 0 saturated heterocycles. The number of fused-ring (bicyclic) bond motifs is 3. The quantitative estimate of drug-likeness (QED) is 0.571. The highest BCUT2D eigenvalue weighted by molar-refractivity contribution is 7.84. The average Bonchev–Trinajstić information content (AvgIpc) is 3.11. The van der Waals surface area contributed by atoms with Crippen molar-refractivity contribution in [3.63, 3.8) is 0 Å². The Kier molecular flexibility index (Phi) is 5.76. The van der Waals surface area contributed by atoms with Gasteiger partial charge in [-0.25, -0.2) is 0 Å². The second kappa shape index (κ2) is 8.30. The normalized spacial score (nSPS) is 15.0. The second-order valence-electron chi connectivity index (χ2n) is 7.09. The van der Waals surface area contributed by atoms with Gasteiger partial charge in [-0.15, -0.1) is 11.3 Å². The van der Waals surface area contributed by atoms with Crippen LogP contribution in [0, 0.1) is 0 Å². The first-order chi connectivity index (χ1) is 13.9. The number of thiophene rings is 1.